The number of hydrogen-bond donors (Lipinski definition) is 2. The number of carbonyl (C=O) groups is 1. The predicted molar refractivity (Wildman–Crippen MR) is 97.5 cm³/mol. The second-order valence-electron chi connectivity index (χ2n) is 6.50. The van der Waals surface area contributed by atoms with Gasteiger partial charge in [-0.25, -0.2) is 0 Å². The van der Waals surface area contributed by atoms with Crippen molar-refractivity contribution in [3.05, 3.63) is 24.3 Å². The van der Waals surface area contributed by atoms with Gasteiger partial charge in [-0.2, -0.15) is 0 Å². The summed E-state index contributed by atoms with van der Waals surface area (Å²) in [5.74, 6) is 1.79. The molecule has 4 nitrogen and oxygen atoms in total. The second-order valence-corrected chi connectivity index (χ2v) is 6.50. The first-order valence-corrected chi connectivity index (χ1v) is 8.32. The van der Waals surface area contributed by atoms with Crippen molar-refractivity contribution < 1.29 is 9.53 Å². The number of rotatable bonds is 6. The van der Waals surface area contributed by atoms with E-state index in [4.69, 9.17) is 4.74 Å². The van der Waals surface area contributed by atoms with Crippen molar-refractivity contribution in [2.45, 2.75) is 46.1 Å². The van der Waals surface area contributed by atoms with Gasteiger partial charge in [0.25, 0.3) is 0 Å². The van der Waals surface area contributed by atoms with Gasteiger partial charge in [0.2, 0.25) is 5.91 Å². The highest BCUT2D eigenvalue weighted by Gasteiger charge is 2.22. The van der Waals surface area contributed by atoms with Crippen molar-refractivity contribution >= 4 is 24.0 Å². The topological polar surface area (TPSA) is 50.4 Å². The predicted octanol–water partition coefficient (Wildman–Crippen LogP) is 3.86. The average molecular weight is 341 g/mol. The maximum atomic E-state index is 12.3. The third kappa shape index (κ3) is 6.40. The summed E-state index contributed by atoms with van der Waals surface area (Å²) < 4.78 is 5.74. The van der Waals surface area contributed by atoms with Crippen LogP contribution in [0.3, 0.4) is 0 Å². The molecule has 2 atom stereocenters. The molecule has 1 saturated heterocycles. The van der Waals surface area contributed by atoms with Crippen LogP contribution >= 0.6 is 12.4 Å². The van der Waals surface area contributed by atoms with Crippen LogP contribution in [0.1, 0.15) is 40.0 Å². The largest absolute Gasteiger partial charge is 0.489 e. The third-order valence-corrected chi connectivity index (χ3v) is 4.17. The highest BCUT2D eigenvalue weighted by molar-refractivity contribution is 5.92. The number of carbonyl (C=O) groups excluding carboxylic acids is 1. The first-order valence-electron chi connectivity index (χ1n) is 8.32. The minimum atomic E-state index is 0. The molecule has 2 unspecified atom stereocenters. The van der Waals surface area contributed by atoms with Crippen LogP contribution in [0.25, 0.3) is 0 Å². The van der Waals surface area contributed by atoms with Gasteiger partial charge in [0.1, 0.15) is 5.75 Å². The fourth-order valence-electron chi connectivity index (χ4n) is 2.95. The Morgan fingerprint density at radius 3 is 2.74 bits per heavy atom. The summed E-state index contributed by atoms with van der Waals surface area (Å²) in [6, 6.07) is 7.62. The summed E-state index contributed by atoms with van der Waals surface area (Å²) in [5.41, 5.74) is 0.759. The van der Waals surface area contributed by atoms with Gasteiger partial charge < -0.3 is 15.4 Å². The molecule has 0 bridgehead atoms. The van der Waals surface area contributed by atoms with E-state index in [9.17, 15) is 4.79 Å². The zero-order valence-corrected chi connectivity index (χ0v) is 15.1. The third-order valence-electron chi connectivity index (χ3n) is 4.17. The lowest BCUT2D eigenvalue weighted by Gasteiger charge is -2.28. The first-order chi connectivity index (χ1) is 10.6. The van der Waals surface area contributed by atoms with Crippen molar-refractivity contribution in [3.8, 4) is 5.75 Å². The van der Waals surface area contributed by atoms with Crippen LogP contribution < -0.4 is 15.4 Å². The summed E-state index contributed by atoms with van der Waals surface area (Å²) in [4.78, 5) is 12.3. The van der Waals surface area contributed by atoms with Crippen LogP contribution in [0, 0.1) is 11.8 Å². The molecule has 1 aromatic carbocycles. The normalized spacial score (nSPS) is 18.9. The van der Waals surface area contributed by atoms with Crippen LogP contribution in [0.2, 0.25) is 0 Å². The average Bonchev–Trinajstić information content (AvgIpc) is 2.49. The molecule has 0 spiro atoms. The minimum Gasteiger partial charge on any atom is -0.489 e. The molecule has 0 saturated carbocycles. The number of hydrogen-bond acceptors (Lipinski definition) is 3. The maximum Gasteiger partial charge on any atom is 0.224 e. The van der Waals surface area contributed by atoms with Crippen LogP contribution in [0.5, 0.6) is 5.75 Å². The minimum absolute atomic E-state index is 0. The Morgan fingerprint density at radius 1 is 1.35 bits per heavy atom. The quantitative estimate of drug-likeness (QED) is 0.826. The number of piperidine rings is 1. The summed E-state index contributed by atoms with van der Waals surface area (Å²) in [6.45, 7) is 8.28. The molecular formula is C18H29ClN2O2. The SMILES string of the molecule is CC(C)Oc1ccccc1NC(=O)CC(C)C1CCCNC1.Cl. The van der Waals surface area contributed by atoms with E-state index < -0.39 is 0 Å². The second kappa shape index (κ2) is 9.78. The molecule has 23 heavy (non-hydrogen) atoms. The lowest BCUT2D eigenvalue weighted by Crippen LogP contribution is -2.34. The molecular weight excluding hydrogens is 312 g/mol. The van der Waals surface area contributed by atoms with Crippen molar-refractivity contribution in [2.75, 3.05) is 18.4 Å². The van der Waals surface area contributed by atoms with Crippen molar-refractivity contribution in [2.24, 2.45) is 11.8 Å². The monoisotopic (exact) mass is 340 g/mol. The Labute approximate surface area is 145 Å². The van der Waals surface area contributed by atoms with E-state index in [1.54, 1.807) is 0 Å². The van der Waals surface area contributed by atoms with Gasteiger partial charge in [0, 0.05) is 6.42 Å². The molecule has 1 amide bonds. The van der Waals surface area contributed by atoms with Crippen molar-refractivity contribution in [1.82, 2.24) is 5.32 Å². The van der Waals surface area contributed by atoms with Crippen molar-refractivity contribution in [3.63, 3.8) is 0 Å². The van der Waals surface area contributed by atoms with Gasteiger partial charge in [-0.3, -0.25) is 4.79 Å². The van der Waals surface area contributed by atoms with E-state index in [0.29, 0.717) is 18.3 Å². The fraction of sp³-hybridized carbons (Fsp3) is 0.611. The van der Waals surface area contributed by atoms with E-state index >= 15 is 0 Å². The Hall–Kier alpha value is -1.26. The number of nitrogens with one attached hydrogen (secondary N) is 2. The number of anilines is 1. The molecule has 1 fully saturated rings. The summed E-state index contributed by atoms with van der Waals surface area (Å²) >= 11 is 0. The molecule has 1 aromatic rings. The Bertz CT molecular complexity index is 488. The number of amides is 1. The van der Waals surface area contributed by atoms with Crippen LogP contribution in [0.15, 0.2) is 24.3 Å². The smallest absolute Gasteiger partial charge is 0.224 e. The Morgan fingerprint density at radius 2 is 2.09 bits per heavy atom. The molecule has 2 rings (SSSR count). The van der Waals surface area contributed by atoms with Gasteiger partial charge in [0.15, 0.2) is 0 Å². The standard InChI is InChI=1S/C18H28N2O2.ClH/c1-13(2)22-17-9-5-4-8-16(17)20-18(21)11-14(3)15-7-6-10-19-12-15;/h4-5,8-9,13-15,19H,6-7,10-12H2,1-3H3,(H,20,21);1H. The molecule has 1 heterocycles. The van der Waals surface area contributed by atoms with Gasteiger partial charge in [-0.1, -0.05) is 19.1 Å². The van der Waals surface area contributed by atoms with Crippen molar-refractivity contribution in [1.29, 1.82) is 0 Å². The molecule has 1 aliphatic rings. The van der Waals surface area contributed by atoms with Gasteiger partial charge in [-0.15, -0.1) is 12.4 Å². The van der Waals surface area contributed by atoms with E-state index in [1.807, 2.05) is 38.1 Å². The van der Waals surface area contributed by atoms with Gasteiger partial charge >= 0.3 is 0 Å². The molecule has 130 valence electrons. The number of halogens is 1. The van der Waals surface area contributed by atoms with Crippen LogP contribution in [-0.4, -0.2) is 25.1 Å². The first kappa shape index (κ1) is 19.8. The number of benzene rings is 1. The highest BCUT2D eigenvalue weighted by atomic mass is 35.5. The number of ether oxygens (including phenoxy) is 1. The molecule has 1 aliphatic heterocycles. The van der Waals surface area contributed by atoms with Gasteiger partial charge in [0.05, 0.1) is 11.8 Å². The summed E-state index contributed by atoms with van der Waals surface area (Å²) in [5, 5.41) is 6.42. The Balaban J connectivity index is 0.00000264. The molecule has 0 aliphatic carbocycles. The zero-order chi connectivity index (χ0) is 15.9. The molecule has 5 heteroatoms. The zero-order valence-electron chi connectivity index (χ0n) is 14.3. The van der Waals surface area contributed by atoms with E-state index in [2.05, 4.69) is 17.6 Å². The molecule has 2 N–H and O–H groups in total. The number of para-hydroxylation sites is 2. The lowest BCUT2D eigenvalue weighted by molar-refractivity contribution is -0.117. The van der Waals surface area contributed by atoms with Gasteiger partial charge in [-0.05, 0) is 63.7 Å². The Kier molecular flexibility index (Phi) is 8.42. The van der Waals surface area contributed by atoms with E-state index in [1.165, 1.54) is 12.8 Å². The van der Waals surface area contributed by atoms with E-state index in [-0.39, 0.29) is 24.4 Å². The van der Waals surface area contributed by atoms with E-state index in [0.717, 1.165) is 24.5 Å². The molecule has 0 radical (unpaired) electrons. The summed E-state index contributed by atoms with van der Waals surface area (Å²) in [6.07, 6.45) is 3.07. The fourth-order valence-corrected chi connectivity index (χ4v) is 2.95. The lowest BCUT2D eigenvalue weighted by atomic mass is 9.85. The summed E-state index contributed by atoms with van der Waals surface area (Å²) in [7, 11) is 0. The maximum absolute atomic E-state index is 12.3. The van der Waals surface area contributed by atoms with Crippen LogP contribution in [0.4, 0.5) is 5.69 Å². The highest BCUT2D eigenvalue weighted by Crippen LogP contribution is 2.27. The van der Waals surface area contributed by atoms with Crippen LogP contribution in [-0.2, 0) is 4.79 Å². The molecule has 0 aromatic heterocycles.